The average molecular weight is 281 g/mol. The van der Waals surface area contributed by atoms with Gasteiger partial charge in [0.15, 0.2) is 0 Å². The number of nitrogens with zero attached hydrogens (tertiary/aromatic N) is 4. The maximum absolute atomic E-state index is 9.42. The standard InChI is InChI=1S/C16H19N5/c1-11-15(9-17)16(20(2)19-11)21(14-6-7-14)10-12-4-3-5-13(18)8-12/h3-5,8,14H,6-7,10,18H2,1-2H3. The summed E-state index contributed by atoms with van der Waals surface area (Å²) in [4.78, 5) is 2.29. The Hall–Kier alpha value is -2.48. The van der Waals surface area contributed by atoms with Crippen LogP contribution in [0.5, 0.6) is 0 Å². The normalized spacial score (nSPS) is 14.0. The Balaban J connectivity index is 1.98. The van der Waals surface area contributed by atoms with E-state index in [0.717, 1.165) is 42.1 Å². The number of hydrogen-bond acceptors (Lipinski definition) is 4. The van der Waals surface area contributed by atoms with Gasteiger partial charge in [0.1, 0.15) is 17.5 Å². The number of aromatic nitrogens is 2. The number of hydrogen-bond donors (Lipinski definition) is 1. The van der Waals surface area contributed by atoms with Crippen LogP contribution in [-0.4, -0.2) is 15.8 Å². The van der Waals surface area contributed by atoms with Gasteiger partial charge in [-0.2, -0.15) is 10.4 Å². The summed E-state index contributed by atoms with van der Waals surface area (Å²) in [6.07, 6.45) is 2.33. The lowest BCUT2D eigenvalue weighted by atomic mass is 10.1. The highest BCUT2D eigenvalue weighted by Crippen LogP contribution is 2.35. The molecule has 21 heavy (non-hydrogen) atoms. The summed E-state index contributed by atoms with van der Waals surface area (Å²) >= 11 is 0. The van der Waals surface area contributed by atoms with Gasteiger partial charge in [0.05, 0.1) is 5.69 Å². The Morgan fingerprint density at radius 2 is 2.24 bits per heavy atom. The van der Waals surface area contributed by atoms with E-state index in [0.29, 0.717) is 11.6 Å². The van der Waals surface area contributed by atoms with Crippen molar-refractivity contribution in [3.05, 3.63) is 41.1 Å². The third-order valence-electron chi connectivity index (χ3n) is 3.87. The number of nitrogens with two attached hydrogens (primary N) is 1. The van der Waals surface area contributed by atoms with Crippen molar-refractivity contribution >= 4 is 11.5 Å². The van der Waals surface area contributed by atoms with Gasteiger partial charge < -0.3 is 10.6 Å². The molecule has 1 saturated carbocycles. The van der Waals surface area contributed by atoms with Gasteiger partial charge in [0.2, 0.25) is 0 Å². The molecule has 0 atom stereocenters. The molecule has 1 aliphatic rings. The van der Waals surface area contributed by atoms with Gasteiger partial charge in [-0.1, -0.05) is 12.1 Å². The fraction of sp³-hybridized carbons (Fsp3) is 0.375. The third kappa shape index (κ3) is 2.57. The van der Waals surface area contributed by atoms with Crippen LogP contribution in [0.4, 0.5) is 11.5 Å². The molecule has 1 fully saturated rings. The zero-order chi connectivity index (χ0) is 15.0. The first-order valence-corrected chi connectivity index (χ1v) is 7.15. The predicted molar refractivity (Wildman–Crippen MR) is 82.7 cm³/mol. The van der Waals surface area contributed by atoms with E-state index in [1.807, 2.05) is 36.9 Å². The average Bonchev–Trinajstić information content (AvgIpc) is 3.22. The minimum absolute atomic E-state index is 0.494. The van der Waals surface area contributed by atoms with E-state index in [1.54, 1.807) is 0 Å². The highest BCUT2D eigenvalue weighted by Gasteiger charge is 2.33. The quantitative estimate of drug-likeness (QED) is 0.873. The van der Waals surface area contributed by atoms with Crippen molar-refractivity contribution in [1.29, 1.82) is 5.26 Å². The SMILES string of the molecule is Cc1nn(C)c(N(Cc2cccc(N)c2)C2CC2)c1C#N. The lowest BCUT2D eigenvalue weighted by Crippen LogP contribution is -2.28. The van der Waals surface area contributed by atoms with E-state index in [-0.39, 0.29) is 0 Å². The second-order valence-corrected chi connectivity index (χ2v) is 5.62. The van der Waals surface area contributed by atoms with E-state index in [1.165, 1.54) is 0 Å². The van der Waals surface area contributed by atoms with Gasteiger partial charge in [0.25, 0.3) is 0 Å². The van der Waals surface area contributed by atoms with Gasteiger partial charge in [-0.3, -0.25) is 4.68 Å². The Morgan fingerprint density at radius 1 is 1.48 bits per heavy atom. The lowest BCUT2D eigenvalue weighted by Gasteiger charge is -2.25. The van der Waals surface area contributed by atoms with Crippen LogP contribution in [-0.2, 0) is 13.6 Å². The molecule has 108 valence electrons. The number of nitriles is 1. The molecule has 0 bridgehead atoms. The molecule has 5 heteroatoms. The highest BCUT2D eigenvalue weighted by atomic mass is 15.4. The number of anilines is 2. The van der Waals surface area contributed by atoms with Crippen LogP contribution in [0, 0.1) is 18.3 Å². The van der Waals surface area contributed by atoms with Gasteiger partial charge in [0, 0.05) is 25.3 Å². The Morgan fingerprint density at radius 3 is 2.86 bits per heavy atom. The van der Waals surface area contributed by atoms with Crippen molar-refractivity contribution in [3.63, 3.8) is 0 Å². The van der Waals surface area contributed by atoms with Crippen molar-refractivity contribution in [1.82, 2.24) is 9.78 Å². The monoisotopic (exact) mass is 281 g/mol. The zero-order valence-corrected chi connectivity index (χ0v) is 12.4. The number of rotatable bonds is 4. The summed E-state index contributed by atoms with van der Waals surface area (Å²) in [5, 5.41) is 13.8. The molecule has 1 heterocycles. The molecule has 1 aliphatic carbocycles. The predicted octanol–water partition coefficient (Wildman–Crippen LogP) is 2.35. The fourth-order valence-electron chi connectivity index (χ4n) is 2.76. The van der Waals surface area contributed by atoms with Crippen LogP contribution in [0.2, 0.25) is 0 Å². The molecule has 0 aliphatic heterocycles. The van der Waals surface area contributed by atoms with Crippen LogP contribution < -0.4 is 10.6 Å². The largest absolute Gasteiger partial charge is 0.399 e. The minimum Gasteiger partial charge on any atom is -0.399 e. The Labute approximate surface area is 124 Å². The van der Waals surface area contributed by atoms with E-state index in [4.69, 9.17) is 5.73 Å². The molecule has 2 aromatic rings. The van der Waals surface area contributed by atoms with Gasteiger partial charge in [-0.25, -0.2) is 0 Å². The smallest absolute Gasteiger partial charge is 0.145 e. The second kappa shape index (κ2) is 5.13. The molecule has 0 radical (unpaired) electrons. The molecule has 0 unspecified atom stereocenters. The van der Waals surface area contributed by atoms with Crippen LogP contribution in [0.1, 0.15) is 29.7 Å². The first-order chi connectivity index (χ1) is 10.1. The molecular weight excluding hydrogens is 262 g/mol. The van der Waals surface area contributed by atoms with Crippen molar-refractivity contribution in [2.75, 3.05) is 10.6 Å². The maximum atomic E-state index is 9.42. The first kappa shape index (κ1) is 13.5. The van der Waals surface area contributed by atoms with Crippen molar-refractivity contribution in [2.24, 2.45) is 7.05 Å². The molecule has 5 nitrogen and oxygen atoms in total. The number of aryl methyl sites for hydroxylation is 2. The molecule has 3 rings (SSSR count). The molecule has 0 amide bonds. The van der Waals surface area contributed by atoms with Gasteiger partial charge in [-0.15, -0.1) is 0 Å². The molecule has 1 aromatic carbocycles. The highest BCUT2D eigenvalue weighted by molar-refractivity contribution is 5.58. The number of nitrogen functional groups attached to an aromatic ring is 1. The summed E-state index contributed by atoms with van der Waals surface area (Å²) in [6, 6.07) is 10.7. The van der Waals surface area contributed by atoms with Crippen molar-refractivity contribution in [2.45, 2.75) is 32.4 Å². The Bertz CT molecular complexity index is 706. The number of benzene rings is 1. The van der Waals surface area contributed by atoms with Gasteiger partial charge >= 0.3 is 0 Å². The van der Waals surface area contributed by atoms with Crippen LogP contribution in [0.15, 0.2) is 24.3 Å². The summed E-state index contributed by atoms with van der Waals surface area (Å²) in [6.45, 7) is 2.64. The molecular formula is C16H19N5. The van der Waals surface area contributed by atoms with E-state index < -0.39 is 0 Å². The van der Waals surface area contributed by atoms with Crippen molar-refractivity contribution in [3.8, 4) is 6.07 Å². The fourth-order valence-corrected chi connectivity index (χ4v) is 2.76. The van der Waals surface area contributed by atoms with Crippen molar-refractivity contribution < 1.29 is 0 Å². The second-order valence-electron chi connectivity index (χ2n) is 5.62. The van der Waals surface area contributed by atoms with Crippen LogP contribution >= 0.6 is 0 Å². The maximum Gasteiger partial charge on any atom is 0.145 e. The molecule has 1 aromatic heterocycles. The van der Waals surface area contributed by atoms with Gasteiger partial charge in [-0.05, 0) is 37.5 Å². The lowest BCUT2D eigenvalue weighted by molar-refractivity contribution is 0.691. The summed E-state index contributed by atoms with van der Waals surface area (Å²) in [5.74, 6) is 0.917. The first-order valence-electron chi connectivity index (χ1n) is 7.15. The molecule has 2 N–H and O–H groups in total. The molecule has 0 spiro atoms. The summed E-state index contributed by atoms with van der Waals surface area (Å²) in [7, 11) is 1.90. The topological polar surface area (TPSA) is 70.9 Å². The molecule has 0 saturated heterocycles. The van der Waals surface area contributed by atoms with E-state index in [9.17, 15) is 5.26 Å². The minimum atomic E-state index is 0.494. The van der Waals surface area contributed by atoms with Crippen LogP contribution in [0.25, 0.3) is 0 Å². The van der Waals surface area contributed by atoms with Crippen LogP contribution in [0.3, 0.4) is 0 Å². The summed E-state index contributed by atoms with van der Waals surface area (Å²) in [5.41, 5.74) is 9.25. The summed E-state index contributed by atoms with van der Waals surface area (Å²) < 4.78 is 1.82. The zero-order valence-electron chi connectivity index (χ0n) is 12.4. The Kier molecular flexibility index (Phi) is 3.30. The third-order valence-corrected chi connectivity index (χ3v) is 3.87. The van der Waals surface area contributed by atoms with E-state index >= 15 is 0 Å². The van der Waals surface area contributed by atoms with E-state index in [2.05, 4.69) is 22.1 Å².